The van der Waals surface area contributed by atoms with Crippen molar-refractivity contribution in [1.29, 1.82) is 0 Å². The highest BCUT2D eigenvalue weighted by Crippen LogP contribution is 2.66. The molecule has 0 spiro atoms. The molecule has 0 aromatic carbocycles. The molecular weight excluding hydrogens is 586 g/mol. The molecule has 23 nitrogen and oxygen atoms in total. The lowest BCUT2D eigenvalue weighted by Gasteiger charge is -2.21. The van der Waals surface area contributed by atoms with Crippen LogP contribution in [0.2, 0.25) is 0 Å². The zero-order valence-corrected chi connectivity index (χ0v) is 21.6. The second-order valence-corrected chi connectivity index (χ2v) is 11.9. The molecule has 7 atom stereocenters. The fourth-order valence-corrected chi connectivity index (χ4v) is 6.90. The first-order valence-corrected chi connectivity index (χ1v) is 14.0. The Morgan fingerprint density at radius 1 is 1.03 bits per heavy atom. The van der Waals surface area contributed by atoms with Crippen molar-refractivity contribution in [1.82, 2.24) is 34.2 Å². The van der Waals surface area contributed by atoms with E-state index in [2.05, 4.69) is 18.1 Å². The molecule has 0 aliphatic carbocycles. The standard InChI is InChI=1S/C9H15N3O16P4.4H3N/c10-5-1-2-12(9(13)11-5)8-7-6(25-31(19,20)26-7)4(24-8)3-23-30(17,18)28-32(21,22)27-29(14,15)16;;;;/h1-2,4,6-8H,3H2,(H,17,18)(H,19,20)(H,21,22)(H2,10,11,13)(H2,14,15,16);4*1H3/t4-,6-,7-,8-;;;;/m1..../s1. The van der Waals surface area contributed by atoms with Crippen LogP contribution < -0.4 is 36.0 Å². The maximum absolute atomic E-state index is 12.1. The van der Waals surface area contributed by atoms with Crippen molar-refractivity contribution >= 4 is 37.1 Å². The summed E-state index contributed by atoms with van der Waals surface area (Å²) in [6.45, 7) is -1.01. The van der Waals surface area contributed by atoms with Gasteiger partial charge in [0.2, 0.25) is 0 Å². The van der Waals surface area contributed by atoms with Crippen LogP contribution in [0.4, 0.5) is 5.82 Å². The first-order valence-electron chi connectivity index (χ1n) is 7.95. The van der Waals surface area contributed by atoms with E-state index in [9.17, 15) is 32.8 Å². The largest absolute Gasteiger partial charge is 0.490 e. The SMILES string of the molecule is N.N.N.N.Nc1ccn([C@@H]2O[C@H](COP(=O)(O)OP(=O)(O)OP(=O)(O)O)[C@H]3OP(=O)(O)O[C@H]32)c(=O)n1. The average Bonchev–Trinajstić information content (AvgIpc) is 3.03. The highest BCUT2D eigenvalue weighted by atomic mass is 31.3. The summed E-state index contributed by atoms with van der Waals surface area (Å²) in [5, 5.41) is 0. The lowest BCUT2D eigenvalue weighted by atomic mass is 10.1. The maximum atomic E-state index is 12.1. The van der Waals surface area contributed by atoms with E-state index in [4.69, 9.17) is 34.2 Å². The fraction of sp³-hybridized carbons (Fsp3) is 0.556. The average molecular weight is 613 g/mol. The minimum Gasteiger partial charge on any atom is -0.383 e. The molecule has 0 amide bonds. The molecule has 2 aliphatic rings. The summed E-state index contributed by atoms with van der Waals surface area (Å²) >= 11 is 0. The quantitative estimate of drug-likeness (QED) is 0.167. The van der Waals surface area contributed by atoms with Gasteiger partial charge in [0.15, 0.2) is 6.23 Å². The predicted octanol–water partition coefficient (Wildman–Crippen LogP) is -0.401. The Labute approximate surface area is 201 Å². The number of phosphoric acid groups is 4. The third kappa shape index (κ3) is 9.39. The van der Waals surface area contributed by atoms with Gasteiger partial charge in [-0.15, -0.1) is 0 Å². The number of anilines is 1. The van der Waals surface area contributed by atoms with E-state index in [-0.39, 0.29) is 30.4 Å². The van der Waals surface area contributed by atoms with Crippen LogP contribution in [0.3, 0.4) is 0 Å². The van der Waals surface area contributed by atoms with Crippen LogP contribution in [0, 0.1) is 0 Å². The van der Waals surface area contributed by atoms with Crippen molar-refractivity contribution in [3.63, 3.8) is 0 Å². The van der Waals surface area contributed by atoms with Gasteiger partial charge >= 0.3 is 37.0 Å². The topological polar surface area (TPSA) is 426 Å². The second-order valence-electron chi connectivity index (χ2n) is 6.10. The molecule has 1 aromatic rings. The number of hydrogen-bond donors (Lipinski definition) is 10. The molecule has 0 bridgehead atoms. The van der Waals surface area contributed by atoms with Gasteiger partial charge in [-0.25, -0.2) is 23.1 Å². The monoisotopic (exact) mass is 613 g/mol. The van der Waals surface area contributed by atoms with Crippen molar-refractivity contribution in [2.24, 2.45) is 0 Å². The number of nitrogen functional groups attached to an aromatic ring is 1. The molecule has 3 unspecified atom stereocenters. The molecule has 2 aliphatic heterocycles. The molecule has 0 radical (unpaired) electrons. The van der Waals surface area contributed by atoms with Crippen molar-refractivity contribution in [2.45, 2.75) is 24.5 Å². The molecule has 2 saturated heterocycles. The van der Waals surface area contributed by atoms with E-state index in [1.807, 2.05) is 0 Å². The highest BCUT2D eigenvalue weighted by molar-refractivity contribution is 7.66. The summed E-state index contributed by atoms with van der Waals surface area (Å²) in [6, 6.07) is 1.20. The van der Waals surface area contributed by atoms with E-state index in [0.29, 0.717) is 0 Å². The summed E-state index contributed by atoms with van der Waals surface area (Å²) in [5.74, 6) is -0.138. The maximum Gasteiger partial charge on any atom is 0.490 e. The number of phosphoric ester groups is 2. The highest BCUT2D eigenvalue weighted by Gasteiger charge is 2.58. The van der Waals surface area contributed by atoms with Gasteiger partial charge < -0.3 is 59.5 Å². The van der Waals surface area contributed by atoms with Crippen LogP contribution in [0.1, 0.15) is 6.23 Å². The second kappa shape index (κ2) is 12.7. The molecule has 3 rings (SSSR count). The van der Waals surface area contributed by atoms with E-state index in [1.54, 1.807) is 0 Å². The van der Waals surface area contributed by atoms with E-state index in [0.717, 1.165) is 10.8 Å². The molecule has 36 heavy (non-hydrogen) atoms. The third-order valence-corrected chi connectivity index (χ3v) is 8.56. The number of nitrogens with zero attached hydrogens (tertiary/aromatic N) is 2. The minimum absolute atomic E-state index is 0. The molecule has 214 valence electrons. The summed E-state index contributed by atoms with van der Waals surface area (Å²) in [5.41, 5.74) is 4.45. The van der Waals surface area contributed by atoms with E-state index < -0.39 is 68.1 Å². The third-order valence-electron chi connectivity index (χ3n) is 3.74. The zero-order chi connectivity index (χ0) is 24.1. The van der Waals surface area contributed by atoms with Crippen molar-refractivity contribution in [3.8, 4) is 0 Å². The Morgan fingerprint density at radius 3 is 2.11 bits per heavy atom. The molecule has 27 heteroatoms. The van der Waals surface area contributed by atoms with Crippen molar-refractivity contribution in [2.75, 3.05) is 12.3 Å². The molecule has 3 heterocycles. The van der Waals surface area contributed by atoms with Crippen LogP contribution in [0.5, 0.6) is 0 Å². The number of rotatable bonds is 8. The predicted molar refractivity (Wildman–Crippen MR) is 116 cm³/mol. The Bertz CT molecular complexity index is 1140. The van der Waals surface area contributed by atoms with Gasteiger partial charge in [0.05, 0.1) is 6.61 Å². The molecule has 1 aromatic heterocycles. The normalized spacial score (nSPS) is 30.2. The van der Waals surface area contributed by atoms with Crippen LogP contribution in [0.25, 0.3) is 0 Å². The van der Waals surface area contributed by atoms with Gasteiger partial charge in [0.25, 0.3) is 0 Å². The van der Waals surface area contributed by atoms with Crippen molar-refractivity contribution in [3.05, 3.63) is 22.7 Å². The number of aromatic nitrogens is 2. The van der Waals surface area contributed by atoms with Crippen LogP contribution in [-0.2, 0) is 45.2 Å². The van der Waals surface area contributed by atoms with Crippen molar-refractivity contribution < 1.29 is 69.7 Å². The van der Waals surface area contributed by atoms with Gasteiger partial charge in [-0.1, -0.05) is 0 Å². The smallest absolute Gasteiger partial charge is 0.383 e. The Morgan fingerprint density at radius 2 is 1.58 bits per heavy atom. The van der Waals surface area contributed by atoms with Gasteiger partial charge in [0.1, 0.15) is 24.1 Å². The van der Waals surface area contributed by atoms with Gasteiger partial charge in [0, 0.05) is 6.20 Å². The lowest BCUT2D eigenvalue weighted by Crippen LogP contribution is -2.34. The number of hydrogen-bond acceptors (Lipinski definition) is 17. The fourth-order valence-electron chi connectivity index (χ4n) is 2.73. The van der Waals surface area contributed by atoms with Gasteiger partial charge in [-0.05, 0) is 6.07 Å². The summed E-state index contributed by atoms with van der Waals surface area (Å²) < 4.78 is 73.2. The Hall–Kier alpha value is -1.00. The summed E-state index contributed by atoms with van der Waals surface area (Å²) in [4.78, 5) is 60.8. The van der Waals surface area contributed by atoms with E-state index >= 15 is 0 Å². The molecular formula is C9H27N7O16P4. The number of nitrogens with two attached hydrogens (primary N) is 1. The van der Waals surface area contributed by atoms with Gasteiger partial charge in [-0.3, -0.25) is 18.1 Å². The lowest BCUT2D eigenvalue weighted by molar-refractivity contribution is -0.0614. The molecule has 2 fully saturated rings. The Balaban J connectivity index is 0. The minimum atomic E-state index is -5.76. The zero-order valence-electron chi connectivity index (χ0n) is 18.0. The van der Waals surface area contributed by atoms with E-state index in [1.165, 1.54) is 6.07 Å². The van der Waals surface area contributed by atoms with Crippen LogP contribution >= 0.6 is 31.3 Å². The molecule has 0 saturated carbocycles. The molecule has 19 N–H and O–H groups in total. The van der Waals surface area contributed by atoms with Crippen LogP contribution in [0.15, 0.2) is 17.1 Å². The number of ether oxygens (including phenoxy) is 1. The first-order chi connectivity index (χ1) is 14.5. The van der Waals surface area contributed by atoms with Gasteiger partial charge in [-0.2, -0.15) is 13.6 Å². The summed E-state index contributed by atoms with van der Waals surface area (Å²) in [6.07, 6.45) is -4.63. The summed E-state index contributed by atoms with van der Waals surface area (Å²) in [7, 11) is -21.5. The first kappa shape index (κ1) is 37.2. The Kier molecular flexibility index (Phi) is 13.1. The number of fused-ring (bicyclic) bond motifs is 1. The van der Waals surface area contributed by atoms with Crippen LogP contribution in [-0.4, -0.2) is 58.9 Å².